The molecule has 2 rings (SSSR count). The van der Waals surface area contributed by atoms with E-state index >= 15 is 0 Å². The monoisotopic (exact) mass is 286 g/mol. The molecule has 112 valence electrons. The van der Waals surface area contributed by atoms with Crippen molar-refractivity contribution in [3.8, 4) is 0 Å². The zero-order valence-electron chi connectivity index (χ0n) is 12.9. The summed E-state index contributed by atoms with van der Waals surface area (Å²) in [5, 5.41) is 0. The summed E-state index contributed by atoms with van der Waals surface area (Å²) in [7, 11) is 0. The molecule has 21 heavy (non-hydrogen) atoms. The molecule has 0 aliphatic carbocycles. The van der Waals surface area contributed by atoms with Crippen LogP contribution in [0.15, 0.2) is 42.5 Å². The molecule has 0 saturated heterocycles. The van der Waals surface area contributed by atoms with Crippen LogP contribution in [0.3, 0.4) is 0 Å². The molecule has 0 saturated carbocycles. The Balaban J connectivity index is 2.36. The molecule has 2 nitrogen and oxygen atoms in total. The maximum absolute atomic E-state index is 14.0. The number of nitrogens with zero attached hydrogens (tertiary/aromatic N) is 1. The van der Waals surface area contributed by atoms with Gasteiger partial charge in [0.2, 0.25) is 0 Å². The van der Waals surface area contributed by atoms with Gasteiger partial charge in [-0.1, -0.05) is 18.2 Å². The van der Waals surface area contributed by atoms with E-state index in [0.29, 0.717) is 12.2 Å². The highest BCUT2D eigenvalue weighted by atomic mass is 19.1. The molecule has 0 spiro atoms. The summed E-state index contributed by atoms with van der Waals surface area (Å²) in [4.78, 5) is 1.98. The van der Waals surface area contributed by atoms with Crippen LogP contribution in [-0.2, 0) is 6.42 Å². The SMILES string of the molecule is CCN(c1ccc(CC(C)N)c(C)c1)c1ccccc1F. The third kappa shape index (κ3) is 3.61. The molecule has 1 atom stereocenters. The molecule has 0 aliphatic heterocycles. The van der Waals surface area contributed by atoms with E-state index in [1.807, 2.05) is 36.9 Å². The van der Waals surface area contributed by atoms with Gasteiger partial charge in [0.15, 0.2) is 0 Å². The second-order valence-corrected chi connectivity index (χ2v) is 5.49. The van der Waals surface area contributed by atoms with Crippen molar-refractivity contribution in [2.24, 2.45) is 5.73 Å². The third-order valence-corrected chi connectivity index (χ3v) is 3.64. The third-order valence-electron chi connectivity index (χ3n) is 3.64. The van der Waals surface area contributed by atoms with Crippen molar-refractivity contribution in [2.75, 3.05) is 11.4 Å². The van der Waals surface area contributed by atoms with Gasteiger partial charge in [0.25, 0.3) is 0 Å². The lowest BCUT2D eigenvalue weighted by atomic mass is 10.0. The van der Waals surface area contributed by atoms with E-state index < -0.39 is 0 Å². The molecule has 3 heteroatoms. The highest BCUT2D eigenvalue weighted by molar-refractivity contribution is 5.64. The minimum Gasteiger partial charge on any atom is -0.339 e. The Morgan fingerprint density at radius 2 is 1.90 bits per heavy atom. The van der Waals surface area contributed by atoms with Crippen molar-refractivity contribution < 1.29 is 4.39 Å². The molecular weight excluding hydrogens is 263 g/mol. The van der Waals surface area contributed by atoms with Gasteiger partial charge in [-0.25, -0.2) is 4.39 Å². The van der Waals surface area contributed by atoms with Crippen molar-refractivity contribution in [3.05, 3.63) is 59.4 Å². The van der Waals surface area contributed by atoms with E-state index in [4.69, 9.17) is 5.73 Å². The first-order valence-corrected chi connectivity index (χ1v) is 7.40. The van der Waals surface area contributed by atoms with Crippen molar-refractivity contribution in [1.82, 2.24) is 0 Å². The maximum atomic E-state index is 14.0. The van der Waals surface area contributed by atoms with E-state index in [1.165, 1.54) is 17.2 Å². The van der Waals surface area contributed by atoms with E-state index in [0.717, 1.165) is 12.1 Å². The smallest absolute Gasteiger partial charge is 0.146 e. The quantitative estimate of drug-likeness (QED) is 0.893. The lowest BCUT2D eigenvalue weighted by molar-refractivity contribution is 0.625. The lowest BCUT2D eigenvalue weighted by Gasteiger charge is -2.25. The molecule has 2 aromatic rings. The highest BCUT2D eigenvalue weighted by Gasteiger charge is 2.12. The largest absolute Gasteiger partial charge is 0.339 e. The number of aryl methyl sites for hydroxylation is 1. The lowest BCUT2D eigenvalue weighted by Crippen LogP contribution is -2.19. The van der Waals surface area contributed by atoms with Gasteiger partial charge in [-0.2, -0.15) is 0 Å². The molecule has 0 radical (unpaired) electrons. The second-order valence-electron chi connectivity index (χ2n) is 5.49. The predicted octanol–water partition coefficient (Wildman–Crippen LogP) is 4.18. The molecule has 0 aliphatic rings. The van der Waals surface area contributed by atoms with Gasteiger partial charge in [-0.15, -0.1) is 0 Å². The number of para-hydroxylation sites is 1. The number of rotatable bonds is 5. The van der Waals surface area contributed by atoms with Crippen LogP contribution in [0.5, 0.6) is 0 Å². The first-order valence-electron chi connectivity index (χ1n) is 7.40. The van der Waals surface area contributed by atoms with Gasteiger partial charge >= 0.3 is 0 Å². The Bertz CT molecular complexity index is 608. The second kappa shape index (κ2) is 6.72. The van der Waals surface area contributed by atoms with Gasteiger partial charge in [-0.05, 0) is 62.6 Å². The average Bonchev–Trinajstić information content (AvgIpc) is 2.44. The van der Waals surface area contributed by atoms with E-state index in [-0.39, 0.29) is 11.9 Å². The summed E-state index contributed by atoms with van der Waals surface area (Å²) >= 11 is 0. The van der Waals surface area contributed by atoms with Crippen LogP contribution < -0.4 is 10.6 Å². The van der Waals surface area contributed by atoms with Gasteiger partial charge < -0.3 is 10.6 Å². The number of hydrogen-bond donors (Lipinski definition) is 1. The predicted molar refractivity (Wildman–Crippen MR) is 87.6 cm³/mol. The normalized spacial score (nSPS) is 12.2. The number of benzene rings is 2. The van der Waals surface area contributed by atoms with Gasteiger partial charge in [0.05, 0.1) is 5.69 Å². The van der Waals surface area contributed by atoms with Crippen LogP contribution in [-0.4, -0.2) is 12.6 Å². The van der Waals surface area contributed by atoms with Crippen LogP contribution in [0.2, 0.25) is 0 Å². The summed E-state index contributed by atoms with van der Waals surface area (Å²) in [5.74, 6) is -0.198. The standard InChI is InChI=1S/C18H23FN2/c1-4-21(18-8-6-5-7-17(18)19)16-10-9-15(12-14(3)20)13(2)11-16/h5-11,14H,4,12,20H2,1-3H3. The Hall–Kier alpha value is -1.87. The molecule has 2 N–H and O–H groups in total. The van der Waals surface area contributed by atoms with Crippen molar-refractivity contribution in [1.29, 1.82) is 0 Å². The maximum Gasteiger partial charge on any atom is 0.146 e. The fraction of sp³-hybridized carbons (Fsp3) is 0.333. The Kier molecular flexibility index (Phi) is 4.97. The topological polar surface area (TPSA) is 29.3 Å². The van der Waals surface area contributed by atoms with Gasteiger partial charge in [0.1, 0.15) is 5.82 Å². The first kappa shape index (κ1) is 15.5. The Labute approximate surface area is 126 Å². The van der Waals surface area contributed by atoms with Crippen LogP contribution in [0.1, 0.15) is 25.0 Å². The minimum atomic E-state index is -0.198. The fourth-order valence-corrected chi connectivity index (χ4v) is 2.59. The molecule has 0 fully saturated rings. The van der Waals surface area contributed by atoms with E-state index in [2.05, 4.69) is 19.1 Å². The Morgan fingerprint density at radius 3 is 2.48 bits per heavy atom. The molecule has 2 aromatic carbocycles. The molecule has 0 aromatic heterocycles. The average molecular weight is 286 g/mol. The molecule has 1 unspecified atom stereocenters. The van der Waals surface area contributed by atoms with E-state index in [9.17, 15) is 4.39 Å². The zero-order chi connectivity index (χ0) is 15.4. The number of hydrogen-bond acceptors (Lipinski definition) is 2. The van der Waals surface area contributed by atoms with Crippen molar-refractivity contribution in [3.63, 3.8) is 0 Å². The summed E-state index contributed by atoms with van der Waals surface area (Å²) in [6.45, 7) is 6.83. The number of halogens is 1. The van der Waals surface area contributed by atoms with Crippen LogP contribution >= 0.6 is 0 Å². The van der Waals surface area contributed by atoms with Gasteiger partial charge in [0, 0.05) is 18.3 Å². The number of nitrogens with two attached hydrogens (primary N) is 1. The molecule has 0 heterocycles. The van der Waals surface area contributed by atoms with Crippen LogP contribution in [0, 0.1) is 12.7 Å². The van der Waals surface area contributed by atoms with Crippen molar-refractivity contribution in [2.45, 2.75) is 33.2 Å². The molecular formula is C18H23FN2. The molecule has 0 bridgehead atoms. The summed E-state index contributed by atoms with van der Waals surface area (Å²) in [6.07, 6.45) is 0.859. The summed E-state index contributed by atoms with van der Waals surface area (Å²) in [5.41, 5.74) is 9.93. The van der Waals surface area contributed by atoms with Gasteiger partial charge in [-0.3, -0.25) is 0 Å². The molecule has 0 amide bonds. The van der Waals surface area contributed by atoms with Crippen LogP contribution in [0.25, 0.3) is 0 Å². The van der Waals surface area contributed by atoms with Crippen LogP contribution in [0.4, 0.5) is 15.8 Å². The highest BCUT2D eigenvalue weighted by Crippen LogP contribution is 2.29. The summed E-state index contributed by atoms with van der Waals surface area (Å²) in [6, 6.07) is 13.3. The Morgan fingerprint density at radius 1 is 1.19 bits per heavy atom. The first-order chi connectivity index (χ1) is 10.0. The van der Waals surface area contributed by atoms with Crippen molar-refractivity contribution >= 4 is 11.4 Å². The summed E-state index contributed by atoms with van der Waals surface area (Å²) < 4.78 is 14.0. The number of anilines is 2. The fourth-order valence-electron chi connectivity index (χ4n) is 2.59. The van der Waals surface area contributed by atoms with E-state index in [1.54, 1.807) is 6.07 Å². The minimum absolute atomic E-state index is 0.142. The zero-order valence-corrected chi connectivity index (χ0v) is 12.9.